The van der Waals surface area contributed by atoms with Crippen LogP contribution in [-0.2, 0) is 0 Å². The third-order valence-electron chi connectivity index (χ3n) is 5.42. The van der Waals surface area contributed by atoms with E-state index in [1.807, 2.05) is 11.0 Å². The van der Waals surface area contributed by atoms with E-state index in [4.69, 9.17) is 23.2 Å². The van der Waals surface area contributed by atoms with Crippen LogP contribution in [0.1, 0.15) is 44.0 Å². The minimum Gasteiger partial charge on any atom is -0.347 e. The van der Waals surface area contributed by atoms with Gasteiger partial charge in [0.15, 0.2) is 0 Å². The number of likely N-dealkylation sites (tertiary alicyclic amines) is 1. The molecular weight excluding hydrogens is 458 g/mol. The Hall–Kier alpha value is -1.54. The lowest BCUT2D eigenvalue weighted by Crippen LogP contribution is -2.55. The first-order valence-electron chi connectivity index (χ1n) is 10.2. The Morgan fingerprint density at radius 3 is 2.45 bits per heavy atom. The first-order chi connectivity index (χ1) is 14.6. The zero-order chi connectivity index (χ0) is 22.3. The Kier molecular flexibility index (Phi) is 6.41. The average molecular weight is 483 g/mol. The zero-order valence-corrected chi connectivity index (χ0v) is 20.0. The quantitative estimate of drug-likeness (QED) is 0.465. The summed E-state index contributed by atoms with van der Waals surface area (Å²) in [6, 6.07) is 8.12. The molecule has 2 bridgehead atoms. The fourth-order valence-electron chi connectivity index (χ4n) is 4.14. The standard InChI is InChI=1S/C22H25Cl2FN4OS/c1-22(2,3)27-31-16-9-19(24)26-20(10-16)29-14-5-6-15(29)12-28(11-14)21(30)17-7-4-13(25)8-18(17)23/h4,7-10,14-15,27H,5-6,11-12H2,1-3H3. The van der Waals surface area contributed by atoms with Crippen molar-refractivity contribution in [3.8, 4) is 0 Å². The number of fused-ring (bicyclic) bond motifs is 2. The van der Waals surface area contributed by atoms with E-state index in [-0.39, 0.29) is 28.6 Å². The number of aromatic nitrogens is 1. The van der Waals surface area contributed by atoms with E-state index >= 15 is 0 Å². The number of benzene rings is 1. The first kappa shape index (κ1) is 22.6. The molecule has 31 heavy (non-hydrogen) atoms. The lowest BCUT2D eigenvalue weighted by atomic mass is 10.1. The molecule has 2 aliphatic rings. The van der Waals surface area contributed by atoms with Gasteiger partial charge in [-0.3, -0.25) is 9.52 Å². The summed E-state index contributed by atoms with van der Waals surface area (Å²) in [5, 5.41) is 0.594. The molecule has 0 aliphatic carbocycles. The molecule has 3 heterocycles. The van der Waals surface area contributed by atoms with Crippen molar-refractivity contribution >= 4 is 46.9 Å². The SMILES string of the molecule is CC(C)(C)NSc1cc(Cl)nc(N2C3CCC2CN(C(=O)c2ccc(F)cc2Cl)C3)c1. The molecule has 2 unspecified atom stereocenters. The smallest absolute Gasteiger partial charge is 0.255 e. The molecule has 4 rings (SSSR count). The van der Waals surface area contributed by atoms with Gasteiger partial charge in [0.05, 0.1) is 10.6 Å². The number of pyridine rings is 1. The number of carbonyl (C=O) groups excluding carboxylic acids is 1. The second-order valence-electron chi connectivity index (χ2n) is 9.06. The number of hydrogen-bond acceptors (Lipinski definition) is 5. The van der Waals surface area contributed by atoms with Crippen LogP contribution in [0.2, 0.25) is 10.2 Å². The van der Waals surface area contributed by atoms with Gasteiger partial charge in [-0.1, -0.05) is 23.2 Å². The summed E-state index contributed by atoms with van der Waals surface area (Å²) in [6.07, 6.45) is 1.95. The van der Waals surface area contributed by atoms with Crippen molar-refractivity contribution in [1.29, 1.82) is 0 Å². The number of nitrogens with zero attached hydrogens (tertiary/aromatic N) is 3. The highest BCUT2D eigenvalue weighted by atomic mass is 35.5. The number of rotatable bonds is 4. The van der Waals surface area contributed by atoms with Gasteiger partial charge in [0.25, 0.3) is 5.91 Å². The van der Waals surface area contributed by atoms with Crippen LogP contribution in [0, 0.1) is 5.82 Å². The van der Waals surface area contributed by atoms with Crippen LogP contribution in [-0.4, -0.2) is 46.5 Å². The third kappa shape index (κ3) is 5.11. The molecule has 1 aromatic heterocycles. The first-order valence-corrected chi connectivity index (χ1v) is 11.8. The highest BCUT2D eigenvalue weighted by molar-refractivity contribution is 7.97. The van der Waals surface area contributed by atoms with Gasteiger partial charge in [-0.2, -0.15) is 0 Å². The average Bonchev–Trinajstić information content (AvgIpc) is 2.94. The Morgan fingerprint density at radius 2 is 1.84 bits per heavy atom. The van der Waals surface area contributed by atoms with Crippen LogP contribution >= 0.6 is 35.1 Å². The molecule has 9 heteroatoms. The summed E-state index contributed by atoms with van der Waals surface area (Å²) >= 11 is 14.0. The van der Waals surface area contributed by atoms with Crippen LogP contribution < -0.4 is 9.62 Å². The molecule has 2 fully saturated rings. The van der Waals surface area contributed by atoms with Crippen LogP contribution in [0.25, 0.3) is 0 Å². The van der Waals surface area contributed by atoms with Crippen molar-refractivity contribution in [3.63, 3.8) is 0 Å². The molecule has 5 nitrogen and oxygen atoms in total. The van der Waals surface area contributed by atoms with Gasteiger partial charge >= 0.3 is 0 Å². The molecule has 166 valence electrons. The maximum atomic E-state index is 13.4. The molecule has 2 aromatic rings. The Balaban J connectivity index is 1.52. The van der Waals surface area contributed by atoms with Gasteiger partial charge in [0.2, 0.25) is 0 Å². The van der Waals surface area contributed by atoms with Gasteiger partial charge in [0.1, 0.15) is 16.8 Å². The van der Waals surface area contributed by atoms with Crippen molar-refractivity contribution < 1.29 is 9.18 Å². The number of amides is 1. The van der Waals surface area contributed by atoms with Crippen molar-refractivity contribution in [2.45, 2.75) is 56.1 Å². The molecule has 0 radical (unpaired) electrons. The number of hydrogen-bond donors (Lipinski definition) is 1. The summed E-state index contributed by atoms with van der Waals surface area (Å²) in [5.74, 6) is 0.226. The van der Waals surface area contributed by atoms with Crippen LogP contribution in [0.5, 0.6) is 0 Å². The molecular formula is C22H25Cl2FN4OS. The van der Waals surface area contributed by atoms with Gasteiger partial charge in [-0.25, -0.2) is 9.37 Å². The van der Waals surface area contributed by atoms with E-state index in [0.29, 0.717) is 23.8 Å². The Labute approximate surface area is 196 Å². The van der Waals surface area contributed by atoms with Crippen molar-refractivity contribution in [2.24, 2.45) is 0 Å². The summed E-state index contributed by atoms with van der Waals surface area (Å²) in [7, 11) is 0. The van der Waals surface area contributed by atoms with E-state index in [2.05, 4.69) is 41.4 Å². The van der Waals surface area contributed by atoms with E-state index in [9.17, 15) is 9.18 Å². The number of anilines is 1. The molecule has 0 saturated carbocycles. The number of carbonyl (C=O) groups is 1. The van der Waals surface area contributed by atoms with Gasteiger partial charge < -0.3 is 9.80 Å². The molecule has 1 aromatic carbocycles. The second-order valence-corrected chi connectivity index (χ2v) is 10.7. The van der Waals surface area contributed by atoms with Crippen LogP contribution in [0.4, 0.5) is 10.2 Å². The molecule has 1 N–H and O–H groups in total. The summed E-state index contributed by atoms with van der Waals surface area (Å²) in [6.45, 7) is 7.45. The monoisotopic (exact) mass is 482 g/mol. The largest absolute Gasteiger partial charge is 0.347 e. The van der Waals surface area contributed by atoms with Crippen LogP contribution in [0.15, 0.2) is 35.2 Å². The normalized spacial score (nSPS) is 21.0. The molecule has 1 amide bonds. The maximum Gasteiger partial charge on any atom is 0.255 e. The predicted octanol–water partition coefficient (Wildman–Crippen LogP) is 5.42. The summed E-state index contributed by atoms with van der Waals surface area (Å²) in [5.41, 5.74) is 0.302. The van der Waals surface area contributed by atoms with Crippen molar-refractivity contribution in [2.75, 3.05) is 18.0 Å². The molecule has 0 spiro atoms. The lowest BCUT2D eigenvalue weighted by molar-refractivity contribution is 0.0717. The Morgan fingerprint density at radius 1 is 1.16 bits per heavy atom. The lowest BCUT2D eigenvalue weighted by Gasteiger charge is -2.42. The minimum absolute atomic E-state index is 0.0345. The molecule has 2 atom stereocenters. The number of halogens is 3. The van der Waals surface area contributed by atoms with Gasteiger partial charge in [-0.05, 0) is 75.9 Å². The highest BCUT2D eigenvalue weighted by Gasteiger charge is 2.42. The number of nitrogens with one attached hydrogen (secondary N) is 1. The van der Waals surface area contributed by atoms with Crippen molar-refractivity contribution in [3.05, 3.63) is 51.9 Å². The molecule has 2 aliphatic heterocycles. The maximum absolute atomic E-state index is 13.4. The second kappa shape index (κ2) is 8.77. The zero-order valence-electron chi connectivity index (χ0n) is 17.7. The van der Waals surface area contributed by atoms with E-state index in [1.54, 1.807) is 0 Å². The fraction of sp³-hybridized carbons (Fsp3) is 0.455. The summed E-state index contributed by atoms with van der Waals surface area (Å²) < 4.78 is 16.8. The molecule has 2 saturated heterocycles. The minimum atomic E-state index is -0.451. The van der Waals surface area contributed by atoms with E-state index in [1.165, 1.54) is 30.1 Å². The van der Waals surface area contributed by atoms with Crippen LogP contribution in [0.3, 0.4) is 0 Å². The fourth-order valence-corrected chi connectivity index (χ4v) is 5.42. The summed E-state index contributed by atoms with van der Waals surface area (Å²) in [4.78, 5) is 22.7. The van der Waals surface area contributed by atoms with Gasteiger partial charge in [0, 0.05) is 35.6 Å². The van der Waals surface area contributed by atoms with Gasteiger partial charge in [-0.15, -0.1) is 0 Å². The van der Waals surface area contributed by atoms with Crippen molar-refractivity contribution in [1.82, 2.24) is 14.6 Å². The third-order valence-corrected chi connectivity index (χ3v) is 7.12. The Bertz CT molecular complexity index is 986. The van der Waals surface area contributed by atoms with E-state index < -0.39 is 5.82 Å². The predicted molar refractivity (Wildman–Crippen MR) is 125 cm³/mol. The number of piperazine rings is 1. The van der Waals surface area contributed by atoms with E-state index in [0.717, 1.165) is 23.6 Å². The highest BCUT2D eigenvalue weighted by Crippen LogP contribution is 2.37. The topological polar surface area (TPSA) is 48.5 Å².